The minimum atomic E-state index is -0.406. The molecule has 0 radical (unpaired) electrons. The van der Waals surface area contributed by atoms with Crippen LogP contribution in [0.15, 0.2) is 12.2 Å². The highest BCUT2D eigenvalue weighted by atomic mass is 16.5. The Labute approximate surface area is 187 Å². The van der Waals surface area contributed by atoms with E-state index >= 15 is 0 Å². The number of hydrazine groups is 1. The van der Waals surface area contributed by atoms with Gasteiger partial charge in [0, 0.05) is 44.3 Å². The van der Waals surface area contributed by atoms with E-state index in [9.17, 15) is 19.2 Å². The number of imide groups is 1. The molecule has 0 saturated carbocycles. The van der Waals surface area contributed by atoms with Crippen LogP contribution in [-0.4, -0.2) is 60.4 Å². The molecule has 0 atom stereocenters. The van der Waals surface area contributed by atoms with Crippen LogP contribution in [0.25, 0.3) is 0 Å². The number of carbonyl (C=O) groups is 4. The van der Waals surface area contributed by atoms with Crippen molar-refractivity contribution in [3.8, 4) is 0 Å². The molecular formula is C22H42N4O5. The molecule has 180 valence electrons. The summed E-state index contributed by atoms with van der Waals surface area (Å²) in [5.41, 5.74) is 4.02. The highest BCUT2D eigenvalue weighted by Gasteiger charge is 2.26. The van der Waals surface area contributed by atoms with Crippen molar-refractivity contribution in [2.24, 2.45) is 0 Å². The van der Waals surface area contributed by atoms with E-state index in [-0.39, 0.29) is 36.3 Å². The summed E-state index contributed by atoms with van der Waals surface area (Å²) in [6.45, 7) is 14.8. The number of amides is 4. The van der Waals surface area contributed by atoms with Crippen LogP contribution in [0.5, 0.6) is 0 Å². The van der Waals surface area contributed by atoms with E-state index in [1.54, 1.807) is 7.05 Å². The van der Waals surface area contributed by atoms with E-state index in [4.69, 9.17) is 4.74 Å². The van der Waals surface area contributed by atoms with Gasteiger partial charge in [0.25, 0.3) is 11.8 Å². The SMILES string of the molecule is CC.CCCC(C)(C)OCCC(C)(C)NC(=O)CCN1C(=O)C=CC1=O.CNNC=O. The normalized spacial score (nSPS) is 13.1. The molecule has 0 aromatic heterocycles. The molecule has 0 aromatic rings. The van der Waals surface area contributed by atoms with Gasteiger partial charge in [-0.25, -0.2) is 5.43 Å². The van der Waals surface area contributed by atoms with Gasteiger partial charge >= 0.3 is 0 Å². The number of ether oxygens (including phenoxy) is 1. The predicted molar refractivity (Wildman–Crippen MR) is 122 cm³/mol. The molecule has 1 rings (SSSR count). The molecule has 1 heterocycles. The number of nitrogens with zero attached hydrogens (tertiary/aromatic N) is 1. The third-order valence-electron chi connectivity index (χ3n) is 4.22. The lowest BCUT2D eigenvalue weighted by Gasteiger charge is -2.30. The third kappa shape index (κ3) is 15.2. The lowest BCUT2D eigenvalue weighted by Crippen LogP contribution is -2.46. The number of hydrogen-bond donors (Lipinski definition) is 3. The smallest absolute Gasteiger partial charge is 0.253 e. The van der Waals surface area contributed by atoms with Gasteiger partial charge in [-0.2, -0.15) is 0 Å². The van der Waals surface area contributed by atoms with Crippen molar-refractivity contribution in [1.82, 2.24) is 21.1 Å². The van der Waals surface area contributed by atoms with E-state index in [1.807, 2.05) is 27.7 Å². The Kier molecular flexibility index (Phi) is 16.4. The second-order valence-electron chi connectivity index (χ2n) is 7.96. The van der Waals surface area contributed by atoms with E-state index < -0.39 is 5.54 Å². The van der Waals surface area contributed by atoms with Crippen LogP contribution in [0.3, 0.4) is 0 Å². The summed E-state index contributed by atoms with van der Waals surface area (Å²) < 4.78 is 5.90. The zero-order valence-corrected chi connectivity index (χ0v) is 20.5. The van der Waals surface area contributed by atoms with Crippen LogP contribution in [0.1, 0.15) is 74.1 Å². The van der Waals surface area contributed by atoms with Crippen LogP contribution in [0.4, 0.5) is 0 Å². The quantitative estimate of drug-likeness (QED) is 0.242. The molecular weight excluding hydrogens is 400 g/mol. The first-order valence-corrected chi connectivity index (χ1v) is 10.8. The Morgan fingerprint density at radius 2 is 1.65 bits per heavy atom. The summed E-state index contributed by atoms with van der Waals surface area (Å²) in [5, 5.41) is 2.94. The highest BCUT2D eigenvalue weighted by Crippen LogP contribution is 2.18. The van der Waals surface area contributed by atoms with Gasteiger partial charge in [-0.3, -0.25) is 29.5 Å². The molecule has 0 aromatic carbocycles. The maximum atomic E-state index is 12.1. The number of nitrogens with one attached hydrogen (secondary N) is 3. The third-order valence-corrected chi connectivity index (χ3v) is 4.22. The first kappa shape index (κ1) is 30.9. The van der Waals surface area contributed by atoms with Crippen molar-refractivity contribution in [2.75, 3.05) is 20.2 Å². The van der Waals surface area contributed by atoms with E-state index in [0.29, 0.717) is 19.4 Å². The standard InChI is InChI=1S/C18H30N2O4.C2H6N2O.C2H6/c1-6-10-18(4,5)24-13-11-17(2,3)19-14(21)9-12-20-15(22)7-8-16(20)23;1-3-4-2-5;1-2/h7-8H,6,9-13H2,1-5H3,(H,19,21);2-3H,1H3,(H,4,5);1-2H3. The van der Waals surface area contributed by atoms with E-state index in [0.717, 1.165) is 17.7 Å². The van der Waals surface area contributed by atoms with Crippen LogP contribution in [0, 0.1) is 0 Å². The maximum absolute atomic E-state index is 12.1. The number of hydrogen-bond acceptors (Lipinski definition) is 6. The zero-order chi connectivity index (χ0) is 24.5. The second-order valence-corrected chi connectivity index (χ2v) is 7.96. The van der Waals surface area contributed by atoms with Crippen molar-refractivity contribution in [1.29, 1.82) is 0 Å². The lowest BCUT2D eigenvalue weighted by molar-refractivity contribution is -0.137. The number of carbonyl (C=O) groups excluding carboxylic acids is 4. The predicted octanol–water partition coefficient (Wildman–Crippen LogP) is 2.07. The van der Waals surface area contributed by atoms with E-state index in [1.165, 1.54) is 12.2 Å². The largest absolute Gasteiger partial charge is 0.375 e. The van der Waals surface area contributed by atoms with Gasteiger partial charge < -0.3 is 10.1 Å². The first-order chi connectivity index (χ1) is 14.5. The molecule has 31 heavy (non-hydrogen) atoms. The average Bonchev–Trinajstić information content (AvgIpc) is 3.00. The molecule has 0 aliphatic carbocycles. The molecule has 9 heteroatoms. The first-order valence-electron chi connectivity index (χ1n) is 10.8. The van der Waals surface area contributed by atoms with Crippen LogP contribution >= 0.6 is 0 Å². The van der Waals surface area contributed by atoms with Gasteiger partial charge in [0.1, 0.15) is 0 Å². The summed E-state index contributed by atoms with van der Waals surface area (Å²) in [5.74, 6) is -0.905. The van der Waals surface area contributed by atoms with Gasteiger partial charge in [-0.1, -0.05) is 27.2 Å². The summed E-state index contributed by atoms with van der Waals surface area (Å²) in [6.07, 6.45) is 5.86. The molecule has 1 aliphatic heterocycles. The van der Waals surface area contributed by atoms with Gasteiger partial charge in [0.15, 0.2) is 0 Å². The number of rotatable bonds is 12. The minimum Gasteiger partial charge on any atom is -0.375 e. The second kappa shape index (κ2) is 16.4. The monoisotopic (exact) mass is 442 g/mol. The van der Waals surface area contributed by atoms with Gasteiger partial charge in [-0.05, 0) is 40.5 Å². The fraction of sp³-hybridized carbons (Fsp3) is 0.727. The fourth-order valence-electron chi connectivity index (χ4n) is 2.68. The minimum absolute atomic E-state index is 0.102. The van der Waals surface area contributed by atoms with Crippen molar-refractivity contribution in [2.45, 2.75) is 85.3 Å². The molecule has 0 spiro atoms. The maximum Gasteiger partial charge on any atom is 0.253 e. The molecule has 0 fully saturated rings. The topological polar surface area (TPSA) is 117 Å². The fourth-order valence-corrected chi connectivity index (χ4v) is 2.68. The summed E-state index contributed by atoms with van der Waals surface area (Å²) in [7, 11) is 1.62. The lowest BCUT2D eigenvalue weighted by atomic mass is 10.00. The van der Waals surface area contributed by atoms with E-state index in [2.05, 4.69) is 36.9 Å². The van der Waals surface area contributed by atoms with Crippen LogP contribution in [-0.2, 0) is 23.9 Å². The van der Waals surface area contributed by atoms with Crippen molar-refractivity contribution < 1.29 is 23.9 Å². The molecule has 0 saturated heterocycles. The van der Waals surface area contributed by atoms with Crippen molar-refractivity contribution in [3.05, 3.63) is 12.2 Å². The van der Waals surface area contributed by atoms with Crippen LogP contribution < -0.4 is 16.2 Å². The van der Waals surface area contributed by atoms with Crippen LogP contribution in [0.2, 0.25) is 0 Å². The molecule has 3 N–H and O–H groups in total. The Balaban J connectivity index is 0. The summed E-state index contributed by atoms with van der Waals surface area (Å²) >= 11 is 0. The zero-order valence-electron chi connectivity index (χ0n) is 20.5. The highest BCUT2D eigenvalue weighted by molar-refractivity contribution is 6.13. The molecule has 9 nitrogen and oxygen atoms in total. The molecule has 0 unspecified atom stereocenters. The summed E-state index contributed by atoms with van der Waals surface area (Å²) in [4.78, 5) is 45.3. The Hall–Kier alpha value is -2.26. The van der Waals surface area contributed by atoms with Gasteiger partial charge in [-0.15, -0.1) is 0 Å². The van der Waals surface area contributed by atoms with Crippen molar-refractivity contribution in [3.63, 3.8) is 0 Å². The molecule has 0 bridgehead atoms. The Morgan fingerprint density at radius 1 is 1.10 bits per heavy atom. The van der Waals surface area contributed by atoms with Gasteiger partial charge in [0.05, 0.1) is 5.60 Å². The summed E-state index contributed by atoms with van der Waals surface area (Å²) in [6, 6.07) is 0. The van der Waals surface area contributed by atoms with Gasteiger partial charge in [0.2, 0.25) is 12.3 Å². The molecule has 4 amide bonds. The Morgan fingerprint density at radius 3 is 2.06 bits per heavy atom. The molecule has 1 aliphatic rings. The average molecular weight is 443 g/mol. The van der Waals surface area contributed by atoms with Crippen molar-refractivity contribution >= 4 is 24.1 Å². The Bertz CT molecular complexity index is 570.